The lowest BCUT2D eigenvalue weighted by atomic mass is 9.92. The van der Waals surface area contributed by atoms with E-state index in [1.54, 1.807) is 6.92 Å². The summed E-state index contributed by atoms with van der Waals surface area (Å²) in [6.07, 6.45) is 0.382. The molecule has 0 fully saturated rings. The second-order valence-electron chi connectivity index (χ2n) is 5.67. The highest BCUT2D eigenvalue weighted by atomic mass is 32.2. The van der Waals surface area contributed by atoms with Crippen molar-refractivity contribution in [1.82, 2.24) is 4.72 Å². The molecule has 0 aromatic heterocycles. The van der Waals surface area contributed by atoms with Crippen molar-refractivity contribution < 1.29 is 21.6 Å². The van der Waals surface area contributed by atoms with Crippen LogP contribution in [0.1, 0.15) is 27.2 Å². The quantitative estimate of drug-likeness (QED) is 0.842. The molecule has 1 unspecified atom stereocenters. The fraction of sp³-hybridized carbons (Fsp3) is 0.538. The molecule has 21 heavy (non-hydrogen) atoms. The zero-order valence-electron chi connectivity index (χ0n) is 12.1. The topological polar surface area (TPSA) is 72.2 Å². The first kappa shape index (κ1) is 17.9. The molecule has 0 amide bonds. The molecule has 1 rings (SSSR count). The van der Waals surface area contributed by atoms with Crippen molar-refractivity contribution in [1.29, 1.82) is 0 Å². The van der Waals surface area contributed by atoms with Crippen LogP contribution < -0.4 is 10.5 Å². The minimum Gasteiger partial charge on any atom is -0.329 e. The molecule has 0 saturated carbocycles. The van der Waals surface area contributed by atoms with Crippen LogP contribution in [0.2, 0.25) is 0 Å². The van der Waals surface area contributed by atoms with Gasteiger partial charge in [0.2, 0.25) is 10.0 Å². The maximum Gasteiger partial charge on any atom is 0.246 e. The molecular weight excluding hydrogens is 305 g/mol. The summed E-state index contributed by atoms with van der Waals surface area (Å²) in [4.78, 5) is -1.20. The number of nitrogens with two attached hydrogens (primary N) is 1. The van der Waals surface area contributed by atoms with E-state index in [2.05, 4.69) is 4.72 Å². The van der Waals surface area contributed by atoms with Crippen LogP contribution in [0.4, 0.5) is 13.2 Å². The fourth-order valence-electron chi connectivity index (χ4n) is 2.23. The third-order valence-corrected chi connectivity index (χ3v) is 4.61. The first-order valence-corrected chi connectivity index (χ1v) is 7.87. The molecule has 0 aliphatic carbocycles. The van der Waals surface area contributed by atoms with Crippen LogP contribution in [0.3, 0.4) is 0 Å². The summed E-state index contributed by atoms with van der Waals surface area (Å²) in [5.74, 6) is -4.04. The van der Waals surface area contributed by atoms with Gasteiger partial charge in [0.1, 0.15) is 17.5 Å². The maximum absolute atomic E-state index is 13.6. The molecule has 8 heteroatoms. The van der Waals surface area contributed by atoms with E-state index in [1.165, 1.54) is 0 Å². The molecule has 0 spiro atoms. The van der Waals surface area contributed by atoms with Crippen LogP contribution >= 0.6 is 0 Å². The molecule has 3 N–H and O–H groups in total. The first-order valence-electron chi connectivity index (χ1n) is 6.39. The molecule has 0 heterocycles. The van der Waals surface area contributed by atoms with Crippen LogP contribution in [0.5, 0.6) is 0 Å². The zero-order valence-corrected chi connectivity index (χ0v) is 12.9. The lowest BCUT2D eigenvalue weighted by Gasteiger charge is -2.30. The molecular formula is C13H19F3N2O2S. The Morgan fingerprint density at radius 1 is 1.24 bits per heavy atom. The molecule has 0 radical (unpaired) electrons. The Morgan fingerprint density at radius 3 is 2.10 bits per heavy atom. The van der Waals surface area contributed by atoms with Crippen LogP contribution in [0.15, 0.2) is 17.0 Å². The van der Waals surface area contributed by atoms with E-state index < -0.39 is 37.9 Å². The monoisotopic (exact) mass is 324 g/mol. The van der Waals surface area contributed by atoms with Crippen LogP contribution in [0.25, 0.3) is 0 Å². The van der Waals surface area contributed by atoms with Gasteiger partial charge in [0, 0.05) is 24.2 Å². The third-order valence-electron chi connectivity index (χ3n) is 2.92. The Kier molecular flexibility index (Phi) is 5.40. The second-order valence-corrected chi connectivity index (χ2v) is 7.29. The van der Waals surface area contributed by atoms with Gasteiger partial charge in [-0.25, -0.2) is 26.3 Å². The van der Waals surface area contributed by atoms with E-state index in [-0.39, 0.29) is 12.5 Å². The third kappa shape index (κ3) is 4.42. The molecule has 0 aliphatic rings. The lowest BCUT2D eigenvalue weighted by molar-refractivity contribution is 0.343. The van der Waals surface area contributed by atoms with E-state index in [1.807, 2.05) is 13.8 Å². The van der Waals surface area contributed by atoms with Crippen molar-refractivity contribution in [2.24, 2.45) is 11.7 Å². The summed E-state index contributed by atoms with van der Waals surface area (Å²) < 4.78 is 66.7. The number of sulfonamides is 1. The van der Waals surface area contributed by atoms with Crippen molar-refractivity contribution in [3.05, 3.63) is 29.6 Å². The van der Waals surface area contributed by atoms with Crippen molar-refractivity contribution in [3.63, 3.8) is 0 Å². The largest absolute Gasteiger partial charge is 0.329 e. The standard InChI is InChI=1S/C13H19F3N2O2S/c1-8(2)6-13(3,7-17)18-21(19,20)12-10(15)4-9(14)5-11(12)16/h4-5,8,18H,6-7,17H2,1-3H3. The molecule has 120 valence electrons. The van der Waals surface area contributed by atoms with E-state index in [0.717, 1.165) is 0 Å². The van der Waals surface area contributed by atoms with Gasteiger partial charge in [-0.05, 0) is 19.3 Å². The zero-order chi connectivity index (χ0) is 16.4. The number of rotatable bonds is 6. The van der Waals surface area contributed by atoms with Gasteiger partial charge in [-0.2, -0.15) is 0 Å². The van der Waals surface area contributed by atoms with E-state index in [9.17, 15) is 21.6 Å². The number of halogens is 3. The molecule has 1 aromatic rings. The minimum absolute atomic E-state index is 0.0468. The van der Waals surface area contributed by atoms with Crippen molar-refractivity contribution in [2.75, 3.05) is 6.54 Å². The second kappa shape index (κ2) is 6.33. The highest BCUT2D eigenvalue weighted by Gasteiger charge is 2.33. The normalized spacial score (nSPS) is 15.2. The Bertz CT molecular complexity index is 597. The number of nitrogens with one attached hydrogen (secondary N) is 1. The minimum atomic E-state index is -4.50. The molecule has 0 saturated heterocycles. The SMILES string of the molecule is CC(C)CC(C)(CN)NS(=O)(=O)c1c(F)cc(F)cc1F. The summed E-state index contributed by atoms with van der Waals surface area (Å²) >= 11 is 0. The Balaban J connectivity index is 3.24. The predicted molar refractivity (Wildman–Crippen MR) is 73.6 cm³/mol. The maximum atomic E-state index is 13.6. The Hall–Kier alpha value is -1.12. The summed E-state index contributed by atoms with van der Waals surface area (Å²) in [6, 6.07) is 0.639. The molecule has 0 bridgehead atoms. The lowest BCUT2D eigenvalue weighted by Crippen LogP contribution is -2.52. The van der Waals surface area contributed by atoms with Crippen molar-refractivity contribution in [3.8, 4) is 0 Å². The van der Waals surface area contributed by atoms with Gasteiger partial charge in [0.15, 0.2) is 4.90 Å². The number of hydrogen-bond acceptors (Lipinski definition) is 3. The number of benzene rings is 1. The van der Waals surface area contributed by atoms with Crippen LogP contribution in [0, 0.1) is 23.4 Å². The van der Waals surface area contributed by atoms with Crippen LogP contribution in [-0.2, 0) is 10.0 Å². The van der Waals surface area contributed by atoms with Crippen molar-refractivity contribution in [2.45, 2.75) is 37.6 Å². The van der Waals surface area contributed by atoms with Crippen LogP contribution in [-0.4, -0.2) is 20.5 Å². The van der Waals surface area contributed by atoms with Gasteiger partial charge in [-0.15, -0.1) is 0 Å². The van der Waals surface area contributed by atoms with Gasteiger partial charge in [-0.1, -0.05) is 13.8 Å². The van der Waals surface area contributed by atoms with E-state index in [0.29, 0.717) is 18.6 Å². The van der Waals surface area contributed by atoms with Gasteiger partial charge in [0.05, 0.1) is 0 Å². The van der Waals surface area contributed by atoms with E-state index >= 15 is 0 Å². The van der Waals surface area contributed by atoms with E-state index in [4.69, 9.17) is 5.73 Å². The Morgan fingerprint density at radius 2 is 1.71 bits per heavy atom. The molecule has 1 aromatic carbocycles. The molecule has 0 aliphatic heterocycles. The fourth-order valence-corrected chi connectivity index (χ4v) is 3.78. The smallest absolute Gasteiger partial charge is 0.246 e. The highest BCUT2D eigenvalue weighted by molar-refractivity contribution is 7.89. The first-order chi connectivity index (χ1) is 9.50. The summed E-state index contributed by atoms with van der Waals surface area (Å²) in [5, 5.41) is 0. The van der Waals surface area contributed by atoms with Gasteiger partial charge in [0.25, 0.3) is 0 Å². The average molecular weight is 324 g/mol. The summed E-state index contributed by atoms with van der Waals surface area (Å²) in [5.41, 5.74) is 4.51. The van der Waals surface area contributed by atoms with Crippen molar-refractivity contribution >= 4 is 10.0 Å². The molecule has 4 nitrogen and oxygen atoms in total. The van der Waals surface area contributed by atoms with Gasteiger partial charge in [-0.3, -0.25) is 0 Å². The molecule has 1 atom stereocenters. The predicted octanol–water partition coefficient (Wildman–Crippen LogP) is 2.15. The number of hydrogen-bond donors (Lipinski definition) is 2. The summed E-state index contributed by atoms with van der Waals surface area (Å²) in [6.45, 7) is 5.22. The summed E-state index contributed by atoms with van der Waals surface area (Å²) in [7, 11) is -4.50. The Labute approximate surface area is 122 Å². The average Bonchev–Trinajstić information content (AvgIpc) is 2.24. The highest BCUT2D eigenvalue weighted by Crippen LogP contribution is 2.24. The van der Waals surface area contributed by atoms with Gasteiger partial charge >= 0.3 is 0 Å². The van der Waals surface area contributed by atoms with Gasteiger partial charge < -0.3 is 5.73 Å².